The van der Waals surface area contributed by atoms with E-state index in [0.717, 1.165) is 22.6 Å². The summed E-state index contributed by atoms with van der Waals surface area (Å²) < 4.78 is 1.71. The van der Waals surface area contributed by atoms with Gasteiger partial charge in [-0.1, -0.05) is 36.4 Å². The summed E-state index contributed by atoms with van der Waals surface area (Å²) in [6.07, 6.45) is 6.73. The number of nitrogens with zero attached hydrogens (tertiary/aromatic N) is 5. The third-order valence-electron chi connectivity index (χ3n) is 5.80. The van der Waals surface area contributed by atoms with Gasteiger partial charge in [-0.05, 0) is 62.4 Å². The highest BCUT2D eigenvalue weighted by Gasteiger charge is 2.18. The molecule has 0 fully saturated rings. The summed E-state index contributed by atoms with van der Waals surface area (Å²) in [7, 11) is 0. The maximum absolute atomic E-state index is 13.4. The molecule has 3 aromatic heterocycles. The molecule has 0 radical (unpaired) electrons. The Labute approximate surface area is 230 Å². The van der Waals surface area contributed by atoms with Crippen LogP contribution in [-0.2, 0) is 4.79 Å². The molecule has 0 aliphatic carbocycles. The molecule has 40 heavy (non-hydrogen) atoms. The van der Waals surface area contributed by atoms with Gasteiger partial charge in [0.15, 0.2) is 0 Å². The first kappa shape index (κ1) is 26.0. The minimum Gasteiger partial charge on any atom is -0.317 e. The van der Waals surface area contributed by atoms with Gasteiger partial charge in [-0.15, -0.1) is 0 Å². The Kier molecular flexibility index (Phi) is 7.68. The number of pyridine rings is 1. The summed E-state index contributed by atoms with van der Waals surface area (Å²) in [4.78, 5) is 39.3. The summed E-state index contributed by atoms with van der Waals surface area (Å²) in [6.45, 7) is 3.66. The summed E-state index contributed by atoms with van der Waals surface area (Å²) in [5.41, 5.74) is 9.97. The van der Waals surface area contributed by atoms with Gasteiger partial charge in [0.2, 0.25) is 5.95 Å². The predicted molar refractivity (Wildman–Crippen MR) is 152 cm³/mol. The average molecular weight is 531 g/mol. The number of nitrogens with one attached hydrogen (secondary N) is 3. The minimum absolute atomic E-state index is 0.0107. The van der Waals surface area contributed by atoms with E-state index in [-0.39, 0.29) is 11.6 Å². The molecule has 10 nitrogen and oxygen atoms in total. The molecule has 198 valence electrons. The number of anilines is 1. The molecule has 3 N–H and O–H groups in total. The van der Waals surface area contributed by atoms with Gasteiger partial charge in [0.05, 0.1) is 5.69 Å². The maximum Gasteiger partial charge on any atom is 0.286 e. The van der Waals surface area contributed by atoms with Crippen molar-refractivity contribution in [3.63, 3.8) is 0 Å². The fraction of sp³-hybridized carbons (Fsp3) is 0.0667. The number of carbonyl (C=O) groups excluding carboxylic acids is 2. The van der Waals surface area contributed by atoms with E-state index >= 15 is 0 Å². The SMILES string of the molecule is Cc1cc(C)nc(NNC(=O)/C(=C/c2cn(-c3ccccc3)nc2-c2cccnc2)NC(=O)c2ccccc2)n1. The van der Waals surface area contributed by atoms with E-state index in [1.807, 2.05) is 68.4 Å². The van der Waals surface area contributed by atoms with Gasteiger partial charge in [0.1, 0.15) is 11.4 Å². The van der Waals surface area contributed by atoms with Crippen molar-refractivity contribution in [2.45, 2.75) is 13.8 Å². The summed E-state index contributed by atoms with van der Waals surface area (Å²) >= 11 is 0. The zero-order valence-corrected chi connectivity index (χ0v) is 21.9. The van der Waals surface area contributed by atoms with Crippen molar-refractivity contribution in [3.05, 3.63) is 126 Å². The maximum atomic E-state index is 13.4. The third kappa shape index (κ3) is 6.25. The van der Waals surface area contributed by atoms with Crippen LogP contribution in [0.3, 0.4) is 0 Å². The second kappa shape index (κ2) is 11.8. The number of benzene rings is 2. The lowest BCUT2D eigenvalue weighted by Gasteiger charge is -2.12. The van der Waals surface area contributed by atoms with Gasteiger partial charge in [-0.25, -0.2) is 14.6 Å². The van der Waals surface area contributed by atoms with Crippen LogP contribution in [0.25, 0.3) is 23.0 Å². The molecule has 5 aromatic rings. The smallest absolute Gasteiger partial charge is 0.286 e. The number of aromatic nitrogens is 5. The van der Waals surface area contributed by atoms with E-state index < -0.39 is 11.8 Å². The first-order valence-corrected chi connectivity index (χ1v) is 12.5. The first-order valence-electron chi connectivity index (χ1n) is 12.5. The lowest BCUT2D eigenvalue weighted by molar-refractivity contribution is -0.117. The average Bonchev–Trinajstić information content (AvgIpc) is 3.40. The van der Waals surface area contributed by atoms with Crippen molar-refractivity contribution in [3.8, 4) is 16.9 Å². The minimum atomic E-state index is -0.600. The van der Waals surface area contributed by atoms with Crippen LogP contribution in [0.5, 0.6) is 0 Å². The molecular formula is C30H26N8O2. The molecular weight excluding hydrogens is 504 g/mol. The summed E-state index contributed by atoms with van der Waals surface area (Å²) in [5, 5.41) is 7.51. The van der Waals surface area contributed by atoms with Gasteiger partial charge < -0.3 is 5.32 Å². The quantitative estimate of drug-likeness (QED) is 0.202. The molecule has 0 bridgehead atoms. The van der Waals surface area contributed by atoms with Gasteiger partial charge >= 0.3 is 0 Å². The molecule has 10 heteroatoms. The van der Waals surface area contributed by atoms with Crippen LogP contribution in [0.1, 0.15) is 27.3 Å². The highest BCUT2D eigenvalue weighted by Crippen LogP contribution is 2.25. The van der Waals surface area contributed by atoms with Crippen molar-refractivity contribution in [2.75, 3.05) is 5.43 Å². The van der Waals surface area contributed by atoms with Crippen LogP contribution in [-0.4, -0.2) is 36.5 Å². The monoisotopic (exact) mass is 530 g/mol. The molecule has 0 spiro atoms. The summed E-state index contributed by atoms with van der Waals surface area (Å²) in [6, 6.07) is 23.8. The molecule has 2 amide bonds. The Morgan fingerprint density at radius 1 is 0.875 bits per heavy atom. The predicted octanol–water partition coefficient (Wildman–Crippen LogP) is 4.26. The lowest BCUT2D eigenvalue weighted by Crippen LogP contribution is -2.38. The van der Waals surface area contributed by atoms with Crippen LogP contribution in [0.4, 0.5) is 5.95 Å². The van der Waals surface area contributed by atoms with E-state index in [9.17, 15) is 9.59 Å². The molecule has 0 aliphatic rings. The number of hydrogen-bond donors (Lipinski definition) is 3. The van der Waals surface area contributed by atoms with Gasteiger partial charge in [0.25, 0.3) is 11.8 Å². The molecule has 0 aliphatic heterocycles. The Morgan fingerprint density at radius 3 is 2.25 bits per heavy atom. The van der Waals surface area contributed by atoms with Crippen LogP contribution >= 0.6 is 0 Å². The third-order valence-corrected chi connectivity index (χ3v) is 5.80. The molecule has 0 atom stereocenters. The van der Waals surface area contributed by atoms with E-state index in [1.165, 1.54) is 0 Å². The van der Waals surface area contributed by atoms with Crippen LogP contribution in [0.15, 0.2) is 103 Å². The molecule has 3 heterocycles. The Balaban J connectivity index is 1.53. The number of hydrogen-bond acceptors (Lipinski definition) is 7. The Morgan fingerprint density at radius 2 is 1.57 bits per heavy atom. The summed E-state index contributed by atoms with van der Waals surface area (Å²) in [5.74, 6) is -0.813. The normalized spacial score (nSPS) is 11.1. The fourth-order valence-corrected chi connectivity index (χ4v) is 3.99. The zero-order chi connectivity index (χ0) is 27.9. The number of amides is 2. The van der Waals surface area contributed by atoms with Crippen molar-refractivity contribution in [1.29, 1.82) is 0 Å². The van der Waals surface area contributed by atoms with E-state index in [4.69, 9.17) is 5.10 Å². The molecule has 5 rings (SSSR count). The van der Waals surface area contributed by atoms with Gasteiger partial charge in [0, 0.05) is 46.7 Å². The first-order chi connectivity index (χ1) is 19.5. The number of rotatable bonds is 8. The lowest BCUT2D eigenvalue weighted by atomic mass is 10.1. The van der Waals surface area contributed by atoms with Crippen molar-refractivity contribution >= 4 is 23.8 Å². The molecule has 0 unspecified atom stereocenters. The van der Waals surface area contributed by atoms with Gasteiger partial charge in [-0.3, -0.25) is 25.4 Å². The van der Waals surface area contributed by atoms with Crippen molar-refractivity contribution < 1.29 is 9.59 Å². The van der Waals surface area contributed by atoms with Crippen molar-refractivity contribution in [1.82, 2.24) is 35.5 Å². The number of para-hydroxylation sites is 1. The van der Waals surface area contributed by atoms with E-state index in [0.29, 0.717) is 16.8 Å². The van der Waals surface area contributed by atoms with Crippen molar-refractivity contribution in [2.24, 2.45) is 0 Å². The second-order valence-corrected chi connectivity index (χ2v) is 8.89. The standard InChI is InChI=1S/C30H26N8O2/c1-20-16-21(2)33-30(32-20)36-35-29(40)26(34-28(39)22-10-5-3-6-11-22)17-24-19-38(25-13-7-4-8-14-25)37-27(24)23-12-9-15-31-18-23/h3-19H,1-2H3,(H,34,39)(H,35,40)(H,32,33,36)/b26-17-. The van der Waals surface area contributed by atoms with E-state index in [2.05, 4.69) is 31.1 Å². The topological polar surface area (TPSA) is 127 Å². The number of aryl methyl sites for hydroxylation is 2. The number of carbonyl (C=O) groups is 2. The zero-order valence-electron chi connectivity index (χ0n) is 21.9. The highest BCUT2D eigenvalue weighted by atomic mass is 16.2. The number of hydrazine groups is 1. The Bertz CT molecular complexity index is 1650. The largest absolute Gasteiger partial charge is 0.317 e. The Hall–Kier alpha value is -5.64. The molecule has 0 saturated heterocycles. The van der Waals surface area contributed by atoms with Gasteiger partial charge in [-0.2, -0.15) is 5.10 Å². The second-order valence-electron chi connectivity index (χ2n) is 8.89. The molecule has 2 aromatic carbocycles. The highest BCUT2D eigenvalue weighted by molar-refractivity contribution is 6.05. The van der Waals surface area contributed by atoms with E-state index in [1.54, 1.807) is 53.6 Å². The van der Waals surface area contributed by atoms with Crippen LogP contribution in [0, 0.1) is 13.8 Å². The van der Waals surface area contributed by atoms with Crippen LogP contribution < -0.4 is 16.2 Å². The van der Waals surface area contributed by atoms with Crippen LogP contribution in [0.2, 0.25) is 0 Å². The fourth-order valence-electron chi connectivity index (χ4n) is 3.99. The molecule has 0 saturated carbocycles.